The molecule has 2 aliphatic rings. The SMILES string of the molecule is CN1C[C@]2(CCCN(C(=O)Nc3cc(-c4cccnc4)nn3C)C2)OC1=O. The zero-order valence-corrected chi connectivity index (χ0v) is 15.4. The zero-order valence-electron chi connectivity index (χ0n) is 15.4. The predicted molar refractivity (Wildman–Crippen MR) is 98.1 cm³/mol. The monoisotopic (exact) mass is 370 g/mol. The van der Waals surface area contributed by atoms with Crippen molar-refractivity contribution in [2.45, 2.75) is 18.4 Å². The summed E-state index contributed by atoms with van der Waals surface area (Å²) < 4.78 is 7.19. The fraction of sp³-hybridized carbons (Fsp3) is 0.444. The maximum atomic E-state index is 12.8. The quantitative estimate of drug-likeness (QED) is 0.872. The standard InChI is InChI=1S/C18H22N6O3/c1-22-11-18(27-17(22)26)6-4-8-24(12-18)16(25)20-15-9-14(21-23(15)2)13-5-3-7-19-10-13/h3,5,7,9-10H,4,6,8,11-12H2,1-2H3,(H,20,25)/t18-/m0/s1. The van der Waals surface area contributed by atoms with Gasteiger partial charge in [-0.05, 0) is 25.0 Å². The average Bonchev–Trinajstić information content (AvgIpc) is 3.15. The number of piperidine rings is 1. The van der Waals surface area contributed by atoms with Gasteiger partial charge in [0.1, 0.15) is 11.4 Å². The highest BCUT2D eigenvalue weighted by atomic mass is 16.6. The number of anilines is 1. The normalized spacial score (nSPS) is 22.2. The van der Waals surface area contributed by atoms with E-state index in [0.29, 0.717) is 25.5 Å². The summed E-state index contributed by atoms with van der Waals surface area (Å²) in [5, 5.41) is 7.35. The number of hydrogen-bond acceptors (Lipinski definition) is 5. The van der Waals surface area contributed by atoms with E-state index in [0.717, 1.165) is 24.1 Å². The van der Waals surface area contributed by atoms with E-state index in [1.807, 2.05) is 18.2 Å². The molecule has 1 N–H and O–H groups in total. The molecular weight excluding hydrogens is 348 g/mol. The van der Waals surface area contributed by atoms with Gasteiger partial charge in [-0.3, -0.25) is 15.0 Å². The van der Waals surface area contributed by atoms with E-state index in [4.69, 9.17) is 4.74 Å². The van der Waals surface area contributed by atoms with Crippen LogP contribution in [0.5, 0.6) is 0 Å². The number of ether oxygens (including phenoxy) is 1. The van der Waals surface area contributed by atoms with Gasteiger partial charge >= 0.3 is 12.1 Å². The van der Waals surface area contributed by atoms with E-state index in [1.54, 1.807) is 41.0 Å². The zero-order chi connectivity index (χ0) is 19.0. The van der Waals surface area contributed by atoms with Gasteiger partial charge in [-0.2, -0.15) is 5.10 Å². The summed E-state index contributed by atoms with van der Waals surface area (Å²) in [4.78, 5) is 31.9. The molecule has 4 heterocycles. The Morgan fingerprint density at radius 3 is 2.89 bits per heavy atom. The highest BCUT2D eigenvalue weighted by Gasteiger charge is 2.47. The average molecular weight is 370 g/mol. The molecule has 0 unspecified atom stereocenters. The van der Waals surface area contributed by atoms with Crippen molar-refractivity contribution in [3.63, 3.8) is 0 Å². The Labute approximate surface area is 156 Å². The number of aryl methyl sites for hydroxylation is 1. The van der Waals surface area contributed by atoms with Gasteiger partial charge in [-0.15, -0.1) is 0 Å². The third-order valence-electron chi connectivity index (χ3n) is 5.04. The third kappa shape index (κ3) is 3.32. The largest absolute Gasteiger partial charge is 0.439 e. The molecule has 1 spiro atoms. The molecule has 0 bridgehead atoms. The number of nitrogens with zero attached hydrogens (tertiary/aromatic N) is 5. The lowest BCUT2D eigenvalue weighted by atomic mass is 9.93. The molecule has 9 nitrogen and oxygen atoms in total. The molecule has 3 amide bonds. The molecule has 2 aromatic heterocycles. The minimum atomic E-state index is -0.602. The number of hydrogen-bond donors (Lipinski definition) is 1. The summed E-state index contributed by atoms with van der Waals surface area (Å²) in [5.74, 6) is 0.596. The summed E-state index contributed by atoms with van der Waals surface area (Å²) in [6, 6.07) is 5.36. The first-order chi connectivity index (χ1) is 13.0. The molecule has 27 heavy (non-hydrogen) atoms. The van der Waals surface area contributed by atoms with Crippen LogP contribution in [0.2, 0.25) is 0 Å². The molecule has 2 fully saturated rings. The summed E-state index contributed by atoms with van der Waals surface area (Å²) in [5.41, 5.74) is 1.02. The van der Waals surface area contributed by atoms with Crippen LogP contribution < -0.4 is 5.32 Å². The van der Waals surface area contributed by atoms with Crippen LogP contribution in [-0.2, 0) is 11.8 Å². The molecule has 1 atom stereocenters. The van der Waals surface area contributed by atoms with Gasteiger partial charge in [0.25, 0.3) is 0 Å². The molecule has 2 aliphatic heterocycles. The number of rotatable bonds is 2. The van der Waals surface area contributed by atoms with Crippen LogP contribution in [0.1, 0.15) is 12.8 Å². The number of likely N-dealkylation sites (tertiary alicyclic amines) is 1. The van der Waals surface area contributed by atoms with Crippen LogP contribution in [0.3, 0.4) is 0 Å². The van der Waals surface area contributed by atoms with Gasteiger partial charge < -0.3 is 14.5 Å². The number of urea groups is 1. The van der Waals surface area contributed by atoms with E-state index >= 15 is 0 Å². The van der Waals surface area contributed by atoms with Crippen molar-refractivity contribution in [3.8, 4) is 11.3 Å². The number of aromatic nitrogens is 3. The second kappa shape index (κ2) is 6.57. The summed E-state index contributed by atoms with van der Waals surface area (Å²) in [7, 11) is 3.49. The number of pyridine rings is 1. The third-order valence-corrected chi connectivity index (χ3v) is 5.04. The van der Waals surface area contributed by atoms with Crippen LogP contribution in [0.25, 0.3) is 11.3 Å². The van der Waals surface area contributed by atoms with Crippen LogP contribution >= 0.6 is 0 Å². The first-order valence-corrected chi connectivity index (χ1v) is 8.90. The van der Waals surface area contributed by atoms with Gasteiger partial charge in [-0.25, -0.2) is 9.59 Å². The summed E-state index contributed by atoms with van der Waals surface area (Å²) in [6.07, 6.45) is 4.66. The van der Waals surface area contributed by atoms with E-state index in [1.165, 1.54) is 0 Å². The summed E-state index contributed by atoms with van der Waals surface area (Å²) >= 11 is 0. The Kier molecular flexibility index (Phi) is 4.21. The number of carbonyl (C=O) groups excluding carboxylic acids is 2. The van der Waals surface area contributed by atoms with Crippen LogP contribution in [0.15, 0.2) is 30.6 Å². The molecule has 4 rings (SSSR count). The van der Waals surface area contributed by atoms with Gasteiger partial charge in [-0.1, -0.05) is 0 Å². The van der Waals surface area contributed by atoms with Gasteiger partial charge in [0.15, 0.2) is 0 Å². The van der Waals surface area contributed by atoms with Gasteiger partial charge in [0, 0.05) is 44.7 Å². The maximum absolute atomic E-state index is 12.8. The lowest BCUT2D eigenvalue weighted by Crippen LogP contribution is -2.53. The van der Waals surface area contributed by atoms with Crippen molar-refractivity contribution in [2.75, 3.05) is 32.0 Å². The van der Waals surface area contributed by atoms with Gasteiger partial charge in [0.05, 0.1) is 18.8 Å². The topological polar surface area (TPSA) is 92.6 Å². The molecule has 0 saturated carbocycles. The molecule has 9 heteroatoms. The highest BCUT2D eigenvalue weighted by Crippen LogP contribution is 2.31. The Balaban J connectivity index is 1.46. The fourth-order valence-corrected chi connectivity index (χ4v) is 3.70. The first kappa shape index (κ1) is 17.3. The molecule has 2 aromatic rings. The first-order valence-electron chi connectivity index (χ1n) is 8.90. The predicted octanol–water partition coefficient (Wildman–Crippen LogP) is 1.93. The maximum Gasteiger partial charge on any atom is 0.410 e. The lowest BCUT2D eigenvalue weighted by Gasteiger charge is -2.38. The van der Waals surface area contributed by atoms with Crippen molar-refractivity contribution in [3.05, 3.63) is 30.6 Å². The van der Waals surface area contributed by atoms with E-state index in [2.05, 4.69) is 15.4 Å². The van der Waals surface area contributed by atoms with Crippen molar-refractivity contribution in [2.24, 2.45) is 7.05 Å². The van der Waals surface area contributed by atoms with E-state index in [9.17, 15) is 9.59 Å². The van der Waals surface area contributed by atoms with E-state index in [-0.39, 0.29) is 12.1 Å². The highest BCUT2D eigenvalue weighted by molar-refractivity contribution is 5.89. The lowest BCUT2D eigenvalue weighted by molar-refractivity contribution is 0.00495. The second-order valence-corrected chi connectivity index (χ2v) is 7.14. The summed E-state index contributed by atoms with van der Waals surface area (Å²) in [6.45, 7) is 1.52. The van der Waals surface area contributed by atoms with Crippen LogP contribution in [-0.4, -0.2) is 69.0 Å². The Morgan fingerprint density at radius 2 is 2.19 bits per heavy atom. The number of carbonyl (C=O) groups is 2. The Hall–Kier alpha value is -3.10. The molecule has 0 aliphatic carbocycles. The smallest absolute Gasteiger partial charge is 0.410 e. The molecule has 0 aromatic carbocycles. The molecule has 0 radical (unpaired) electrons. The molecular formula is C18H22N6O3. The number of nitrogens with one attached hydrogen (secondary N) is 1. The van der Waals surface area contributed by atoms with Crippen LogP contribution in [0.4, 0.5) is 15.4 Å². The number of amides is 3. The minimum Gasteiger partial charge on any atom is -0.439 e. The molecule has 2 saturated heterocycles. The van der Waals surface area contributed by atoms with Crippen LogP contribution in [0, 0.1) is 0 Å². The number of likely N-dealkylation sites (N-methyl/N-ethyl adjacent to an activating group) is 1. The Morgan fingerprint density at radius 1 is 1.33 bits per heavy atom. The molecule has 142 valence electrons. The van der Waals surface area contributed by atoms with Crippen molar-refractivity contribution in [1.82, 2.24) is 24.6 Å². The minimum absolute atomic E-state index is 0.222. The van der Waals surface area contributed by atoms with E-state index < -0.39 is 5.60 Å². The van der Waals surface area contributed by atoms with Crippen molar-refractivity contribution < 1.29 is 14.3 Å². The van der Waals surface area contributed by atoms with Crippen molar-refractivity contribution >= 4 is 17.9 Å². The van der Waals surface area contributed by atoms with Crippen molar-refractivity contribution in [1.29, 1.82) is 0 Å². The Bertz CT molecular complexity index is 867. The second-order valence-electron chi connectivity index (χ2n) is 7.14. The van der Waals surface area contributed by atoms with Gasteiger partial charge in [0.2, 0.25) is 0 Å². The fourth-order valence-electron chi connectivity index (χ4n) is 3.70.